The molecular weight excluding hydrogens is 252 g/mol. The molecule has 1 aliphatic carbocycles. The van der Waals surface area contributed by atoms with Crippen LogP contribution in [0.2, 0.25) is 0 Å². The van der Waals surface area contributed by atoms with E-state index in [0.717, 1.165) is 12.8 Å². The van der Waals surface area contributed by atoms with Gasteiger partial charge in [0.25, 0.3) is 0 Å². The maximum Gasteiger partial charge on any atom is 0.247 e. The van der Waals surface area contributed by atoms with Gasteiger partial charge in [0.1, 0.15) is 10.6 Å². The Balaban J connectivity index is 2.34. The molecule has 1 N–H and O–H groups in total. The lowest BCUT2D eigenvalue weighted by Crippen LogP contribution is -2.34. The molecule has 1 aromatic carbocycles. The molecule has 0 aromatic heterocycles. The van der Waals surface area contributed by atoms with Crippen LogP contribution >= 0.6 is 0 Å². The first-order valence-corrected chi connectivity index (χ1v) is 7.18. The molecule has 0 heterocycles. The Morgan fingerprint density at radius 3 is 2.61 bits per heavy atom. The maximum absolute atomic E-state index is 12.4. The highest BCUT2D eigenvalue weighted by Gasteiger charge is 2.38. The quantitative estimate of drug-likeness (QED) is 0.874. The van der Waals surface area contributed by atoms with Gasteiger partial charge in [0.2, 0.25) is 10.0 Å². The molecule has 1 aromatic rings. The van der Waals surface area contributed by atoms with E-state index in [0.29, 0.717) is 0 Å². The minimum atomic E-state index is -3.71. The SMILES string of the molecule is N#CCCN(C1CC1)S(=O)(=O)c1ccccc1O. The molecule has 2 rings (SSSR count). The van der Waals surface area contributed by atoms with E-state index >= 15 is 0 Å². The highest BCUT2D eigenvalue weighted by atomic mass is 32.2. The van der Waals surface area contributed by atoms with Crippen molar-refractivity contribution in [2.75, 3.05) is 6.54 Å². The fourth-order valence-corrected chi connectivity index (χ4v) is 3.59. The van der Waals surface area contributed by atoms with Crippen LogP contribution in [0, 0.1) is 11.3 Å². The Labute approximate surface area is 106 Å². The van der Waals surface area contributed by atoms with Gasteiger partial charge in [-0.25, -0.2) is 8.42 Å². The summed E-state index contributed by atoms with van der Waals surface area (Å²) >= 11 is 0. The average Bonchev–Trinajstić information content (AvgIpc) is 3.14. The van der Waals surface area contributed by atoms with Crippen LogP contribution in [0.4, 0.5) is 0 Å². The Hall–Kier alpha value is -1.58. The van der Waals surface area contributed by atoms with Crippen LogP contribution in [-0.2, 0) is 10.0 Å². The number of hydrogen-bond acceptors (Lipinski definition) is 4. The highest BCUT2D eigenvalue weighted by Crippen LogP contribution is 2.34. The number of hydrogen-bond donors (Lipinski definition) is 1. The second-order valence-corrected chi connectivity index (χ2v) is 6.08. The first-order valence-electron chi connectivity index (χ1n) is 5.74. The molecule has 6 heteroatoms. The summed E-state index contributed by atoms with van der Waals surface area (Å²) in [5.41, 5.74) is 0. The van der Waals surface area contributed by atoms with E-state index < -0.39 is 10.0 Å². The van der Waals surface area contributed by atoms with Crippen molar-refractivity contribution < 1.29 is 13.5 Å². The third-order valence-electron chi connectivity index (χ3n) is 2.85. The van der Waals surface area contributed by atoms with E-state index in [-0.39, 0.29) is 29.7 Å². The van der Waals surface area contributed by atoms with Gasteiger partial charge < -0.3 is 5.11 Å². The van der Waals surface area contributed by atoms with Crippen molar-refractivity contribution in [2.45, 2.75) is 30.2 Å². The summed E-state index contributed by atoms with van der Waals surface area (Å²) in [6, 6.07) is 7.80. The monoisotopic (exact) mass is 266 g/mol. The lowest BCUT2D eigenvalue weighted by atomic mass is 10.3. The molecule has 0 unspecified atom stereocenters. The van der Waals surface area contributed by atoms with Crippen molar-refractivity contribution >= 4 is 10.0 Å². The molecule has 0 saturated heterocycles. The zero-order chi connectivity index (χ0) is 13.2. The summed E-state index contributed by atoms with van der Waals surface area (Å²) in [6.07, 6.45) is 1.79. The van der Waals surface area contributed by atoms with Crippen LogP contribution < -0.4 is 0 Å². The number of nitrogens with zero attached hydrogens (tertiary/aromatic N) is 2. The molecule has 1 aliphatic rings. The van der Waals surface area contributed by atoms with Crippen LogP contribution in [0.15, 0.2) is 29.2 Å². The number of sulfonamides is 1. The lowest BCUT2D eigenvalue weighted by molar-refractivity contribution is 0.403. The molecule has 96 valence electrons. The van der Waals surface area contributed by atoms with Gasteiger partial charge in [-0.3, -0.25) is 0 Å². The van der Waals surface area contributed by atoms with E-state index in [1.807, 2.05) is 6.07 Å². The van der Waals surface area contributed by atoms with Crippen LogP contribution in [0.25, 0.3) is 0 Å². The number of benzene rings is 1. The Bertz CT molecular complexity index is 573. The molecule has 5 nitrogen and oxygen atoms in total. The first kappa shape index (κ1) is 12.9. The molecule has 0 radical (unpaired) electrons. The van der Waals surface area contributed by atoms with Gasteiger partial charge >= 0.3 is 0 Å². The van der Waals surface area contributed by atoms with Crippen molar-refractivity contribution in [1.82, 2.24) is 4.31 Å². The van der Waals surface area contributed by atoms with Crippen LogP contribution in [0.3, 0.4) is 0 Å². The zero-order valence-corrected chi connectivity index (χ0v) is 10.6. The van der Waals surface area contributed by atoms with Crippen LogP contribution in [0.1, 0.15) is 19.3 Å². The Kier molecular flexibility index (Phi) is 3.55. The molecule has 0 aliphatic heterocycles. The minimum Gasteiger partial charge on any atom is -0.507 e. The summed E-state index contributed by atoms with van der Waals surface area (Å²) in [7, 11) is -3.71. The van der Waals surface area contributed by atoms with Crippen molar-refractivity contribution in [2.24, 2.45) is 0 Å². The van der Waals surface area contributed by atoms with Gasteiger partial charge in [0, 0.05) is 19.0 Å². The van der Waals surface area contributed by atoms with Crippen molar-refractivity contribution in [3.8, 4) is 11.8 Å². The lowest BCUT2D eigenvalue weighted by Gasteiger charge is -2.21. The van der Waals surface area contributed by atoms with Gasteiger partial charge in [0.05, 0.1) is 6.07 Å². The summed E-state index contributed by atoms with van der Waals surface area (Å²) in [6.45, 7) is 0.178. The standard InChI is InChI=1S/C12H14N2O3S/c13-8-3-9-14(10-6-7-10)18(16,17)12-5-2-1-4-11(12)15/h1-2,4-5,10,15H,3,6-7,9H2. The van der Waals surface area contributed by atoms with E-state index in [4.69, 9.17) is 5.26 Å². The molecule has 0 spiro atoms. The molecule has 1 saturated carbocycles. The fourth-order valence-electron chi connectivity index (χ4n) is 1.82. The predicted molar refractivity (Wildman–Crippen MR) is 65.3 cm³/mol. The van der Waals surface area contributed by atoms with Gasteiger partial charge in [-0.1, -0.05) is 12.1 Å². The molecule has 1 fully saturated rings. The van der Waals surface area contributed by atoms with Crippen LogP contribution in [-0.4, -0.2) is 30.4 Å². The molecule has 0 amide bonds. The Morgan fingerprint density at radius 2 is 2.06 bits per heavy atom. The number of aromatic hydroxyl groups is 1. The highest BCUT2D eigenvalue weighted by molar-refractivity contribution is 7.89. The van der Waals surface area contributed by atoms with E-state index in [1.54, 1.807) is 12.1 Å². The number of phenols is 1. The Morgan fingerprint density at radius 1 is 1.39 bits per heavy atom. The zero-order valence-electron chi connectivity index (χ0n) is 9.78. The summed E-state index contributed by atoms with van der Waals surface area (Å²) in [5.74, 6) is -0.250. The number of rotatable bonds is 5. The molecule has 18 heavy (non-hydrogen) atoms. The predicted octanol–water partition coefficient (Wildman–Crippen LogP) is 1.46. The second kappa shape index (κ2) is 4.96. The van der Waals surface area contributed by atoms with Crippen molar-refractivity contribution in [3.05, 3.63) is 24.3 Å². The van der Waals surface area contributed by atoms with E-state index in [9.17, 15) is 13.5 Å². The molecule has 0 bridgehead atoms. The van der Waals surface area contributed by atoms with Crippen molar-refractivity contribution in [1.29, 1.82) is 5.26 Å². The topological polar surface area (TPSA) is 81.4 Å². The van der Waals surface area contributed by atoms with Gasteiger partial charge in [-0.15, -0.1) is 0 Å². The van der Waals surface area contributed by atoms with Gasteiger partial charge in [-0.2, -0.15) is 9.57 Å². The van der Waals surface area contributed by atoms with Gasteiger partial charge in [0.15, 0.2) is 0 Å². The summed E-state index contributed by atoms with van der Waals surface area (Å²) < 4.78 is 26.1. The molecular formula is C12H14N2O3S. The third kappa shape index (κ3) is 2.47. The first-order chi connectivity index (χ1) is 8.57. The van der Waals surface area contributed by atoms with E-state index in [2.05, 4.69) is 0 Å². The van der Waals surface area contributed by atoms with E-state index in [1.165, 1.54) is 16.4 Å². The second-order valence-electron chi connectivity index (χ2n) is 4.22. The third-order valence-corrected chi connectivity index (χ3v) is 4.85. The number of phenolic OH excluding ortho intramolecular Hbond substituents is 1. The average molecular weight is 266 g/mol. The number of para-hydroxylation sites is 1. The summed E-state index contributed by atoms with van der Waals surface area (Å²) in [5, 5.41) is 18.2. The molecule has 0 atom stereocenters. The largest absolute Gasteiger partial charge is 0.507 e. The fraction of sp³-hybridized carbons (Fsp3) is 0.417. The number of nitriles is 1. The summed E-state index contributed by atoms with van der Waals surface area (Å²) in [4.78, 5) is -0.0881. The normalized spacial score (nSPS) is 15.6. The minimum absolute atomic E-state index is 0.0250. The maximum atomic E-state index is 12.4. The van der Waals surface area contributed by atoms with Crippen molar-refractivity contribution in [3.63, 3.8) is 0 Å². The van der Waals surface area contributed by atoms with Gasteiger partial charge in [-0.05, 0) is 25.0 Å². The van der Waals surface area contributed by atoms with Crippen LogP contribution in [0.5, 0.6) is 5.75 Å². The smallest absolute Gasteiger partial charge is 0.247 e.